The molecule has 2 heteroatoms. The highest BCUT2D eigenvalue weighted by Gasteiger charge is 2.47. The molecule has 1 N–H and O–H groups in total. The largest absolute Gasteiger partial charge is 0.481 e. The molecule has 114 valence electrons. The highest BCUT2D eigenvalue weighted by Crippen LogP contribution is 2.54. The molecule has 0 heterocycles. The van der Waals surface area contributed by atoms with Gasteiger partial charge in [0.05, 0.1) is 6.42 Å². The monoisotopic (exact) mass is 286 g/mol. The Bertz CT molecular complexity index is 530. The van der Waals surface area contributed by atoms with Crippen LogP contribution in [0.2, 0.25) is 0 Å². The fourth-order valence-electron chi connectivity index (χ4n) is 4.03. The lowest BCUT2D eigenvalue weighted by atomic mass is 9.69. The van der Waals surface area contributed by atoms with Crippen LogP contribution in [0.1, 0.15) is 75.8 Å². The summed E-state index contributed by atoms with van der Waals surface area (Å²) < 4.78 is 0. The molecule has 21 heavy (non-hydrogen) atoms. The van der Waals surface area contributed by atoms with Crippen LogP contribution in [0, 0.1) is 5.41 Å². The number of aliphatic carboxylic acids is 1. The summed E-state index contributed by atoms with van der Waals surface area (Å²) in [5.41, 5.74) is 3.18. The lowest BCUT2D eigenvalue weighted by molar-refractivity contribution is -0.137. The molecule has 0 spiro atoms. The molecule has 0 aliphatic heterocycles. The van der Waals surface area contributed by atoms with Gasteiger partial charge in [0.2, 0.25) is 0 Å². The molecule has 0 radical (unpaired) electrons. The molecule has 1 aromatic carbocycles. The molecule has 1 aromatic rings. The smallest absolute Gasteiger partial charge is 0.304 e. The molecule has 2 aliphatic rings. The SMILES string of the molecule is CC1(C)CCC(c2ccccc2C2(CC(=O)O)CC2)CC1. The molecular weight excluding hydrogens is 260 g/mol. The van der Waals surface area contributed by atoms with Gasteiger partial charge in [0, 0.05) is 5.41 Å². The summed E-state index contributed by atoms with van der Waals surface area (Å²) in [4.78, 5) is 11.2. The molecule has 0 bridgehead atoms. The van der Waals surface area contributed by atoms with Gasteiger partial charge in [0.1, 0.15) is 0 Å². The second-order valence-electron chi connectivity index (χ2n) is 7.88. The molecule has 2 fully saturated rings. The van der Waals surface area contributed by atoms with E-state index in [0.717, 1.165) is 12.8 Å². The zero-order valence-corrected chi connectivity index (χ0v) is 13.2. The van der Waals surface area contributed by atoms with Crippen LogP contribution in [0.5, 0.6) is 0 Å². The lowest BCUT2D eigenvalue weighted by Crippen LogP contribution is -2.22. The minimum Gasteiger partial charge on any atom is -0.481 e. The Morgan fingerprint density at radius 2 is 1.76 bits per heavy atom. The first-order chi connectivity index (χ1) is 9.92. The fraction of sp³-hybridized carbons (Fsp3) is 0.632. The van der Waals surface area contributed by atoms with Crippen molar-refractivity contribution in [2.45, 2.75) is 70.1 Å². The molecule has 0 amide bonds. The van der Waals surface area contributed by atoms with Gasteiger partial charge in [-0.15, -0.1) is 0 Å². The second kappa shape index (κ2) is 5.15. The van der Waals surface area contributed by atoms with Crippen LogP contribution < -0.4 is 0 Å². The first-order valence-electron chi connectivity index (χ1n) is 8.23. The fourth-order valence-corrected chi connectivity index (χ4v) is 4.03. The molecule has 2 nitrogen and oxygen atoms in total. The summed E-state index contributed by atoms with van der Waals surface area (Å²) in [5, 5.41) is 9.22. The van der Waals surface area contributed by atoms with Crippen molar-refractivity contribution >= 4 is 5.97 Å². The van der Waals surface area contributed by atoms with Crippen molar-refractivity contribution in [2.24, 2.45) is 5.41 Å². The molecule has 0 saturated heterocycles. The minimum absolute atomic E-state index is 0.0601. The Kier molecular flexibility index (Phi) is 3.59. The average molecular weight is 286 g/mol. The second-order valence-corrected chi connectivity index (χ2v) is 7.88. The Balaban J connectivity index is 1.86. The lowest BCUT2D eigenvalue weighted by Gasteiger charge is -2.36. The van der Waals surface area contributed by atoms with E-state index >= 15 is 0 Å². The van der Waals surface area contributed by atoms with Crippen LogP contribution >= 0.6 is 0 Å². The van der Waals surface area contributed by atoms with E-state index in [1.54, 1.807) is 0 Å². The van der Waals surface area contributed by atoms with Crippen molar-refractivity contribution in [2.75, 3.05) is 0 Å². The predicted octanol–water partition coefficient (Wildman–Crippen LogP) is 4.88. The van der Waals surface area contributed by atoms with E-state index in [-0.39, 0.29) is 5.41 Å². The van der Waals surface area contributed by atoms with Crippen molar-refractivity contribution in [1.82, 2.24) is 0 Å². The number of carboxylic acid groups (broad SMARTS) is 1. The quantitative estimate of drug-likeness (QED) is 0.856. The van der Waals surface area contributed by atoms with E-state index in [1.807, 2.05) is 0 Å². The first-order valence-corrected chi connectivity index (χ1v) is 8.23. The van der Waals surface area contributed by atoms with Gasteiger partial charge >= 0.3 is 5.97 Å². The van der Waals surface area contributed by atoms with E-state index < -0.39 is 5.97 Å². The summed E-state index contributed by atoms with van der Waals surface area (Å²) in [5.74, 6) is -0.0347. The van der Waals surface area contributed by atoms with Gasteiger partial charge in [0.15, 0.2) is 0 Å². The van der Waals surface area contributed by atoms with Crippen molar-refractivity contribution in [3.05, 3.63) is 35.4 Å². The van der Waals surface area contributed by atoms with E-state index in [4.69, 9.17) is 0 Å². The highest BCUT2D eigenvalue weighted by atomic mass is 16.4. The maximum Gasteiger partial charge on any atom is 0.304 e. The van der Waals surface area contributed by atoms with Gasteiger partial charge in [-0.05, 0) is 61.0 Å². The number of carbonyl (C=O) groups is 1. The van der Waals surface area contributed by atoms with Crippen molar-refractivity contribution < 1.29 is 9.90 Å². The third-order valence-corrected chi connectivity index (χ3v) is 5.65. The Morgan fingerprint density at radius 1 is 1.14 bits per heavy atom. The minimum atomic E-state index is -0.660. The van der Waals surface area contributed by atoms with E-state index in [9.17, 15) is 9.90 Å². The van der Waals surface area contributed by atoms with Crippen molar-refractivity contribution in [3.63, 3.8) is 0 Å². The number of carboxylic acids is 1. The van der Waals surface area contributed by atoms with Gasteiger partial charge in [-0.2, -0.15) is 0 Å². The molecule has 2 saturated carbocycles. The molecule has 0 atom stereocenters. The predicted molar refractivity (Wildman–Crippen MR) is 84.6 cm³/mol. The highest BCUT2D eigenvalue weighted by molar-refractivity contribution is 5.70. The van der Waals surface area contributed by atoms with Crippen LogP contribution in [0.4, 0.5) is 0 Å². The Morgan fingerprint density at radius 3 is 2.33 bits per heavy atom. The Hall–Kier alpha value is -1.31. The van der Waals surface area contributed by atoms with Crippen LogP contribution in [0.25, 0.3) is 0 Å². The summed E-state index contributed by atoms with van der Waals surface area (Å²) in [6.45, 7) is 4.73. The normalized spacial score (nSPS) is 23.7. The molecule has 2 aliphatic carbocycles. The van der Waals surface area contributed by atoms with Gasteiger partial charge < -0.3 is 5.11 Å². The van der Waals surface area contributed by atoms with E-state index in [2.05, 4.69) is 38.1 Å². The van der Waals surface area contributed by atoms with Crippen LogP contribution in [-0.4, -0.2) is 11.1 Å². The zero-order valence-electron chi connectivity index (χ0n) is 13.2. The van der Waals surface area contributed by atoms with Crippen molar-refractivity contribution in [1.29, 1.82) is 0 Å². The number of hydrogen-bond donors (Lipinski definition) is 1. The van der Waals surface area contributed by atoms with Gasteiger partial charge in [-0.1, -0.05) is 38.1 Å². The summed E-state index contributed by atoms with van der Waals surface area (Å²) in [7, 11) is 0. The summed E-state index contributed by atoms with van der Waals surface area (Å²) in [6.07, 6.45) is 7.40. The standard InChI is InChI=1S/C19H26O2/c1-18(2)9-7-14(8-10-18)15-5-3-4-6-16(15)19(11-12-19)13-17(20)21/h3-6,14H,7-13H2,1-2H3,(H,20,21). The number of benzene rings is 1. The van der Waals surface area contributed by atoms with Crippen molar-refractivity contribution in [3.8, 4) is 0 Å². The maximum atomic E-state index is 11.2. The topological polar surface area (TPSA) is 37.3 Å². The molecule has 0 unspecified atom stereocenters. The summed E-state index contributed by atoms with van der Waals surface area (Å²) in [6, 6.07) is 8.63. The van der Waals surface area contributed by atoms with Gasteiger partial charge in [-0.3, -0.25) is 4.79 Å². The first kappa shape index (κ1) is 14.6. The number of hydrogen-bond acceptors (Lipinski definition) is 1. The molecule has 3 rings (SSSR count). The molecule has 0 aromatic heterocycles. The van der Waals surface area contributed by atoms with Crippen LogP contribution in [-0.2, 0) is 10.2 Å². The van der Waals surface area contributed by atoms with Crippen LogP contribution in [0.15, 0.2) is 24.3 Å². The van der Waals surface area contributed by atoms with Gasteiger partial charge in [0.25, 0.3) is 0 Å². The number of rotatable bonds is 4. The molecular formula is C19H26O2. The summed E-state index contributed by atoms with van der Waals surface area (Å²) >= 11 is 0. The van der Waals surface area contributed by atoms with Gasteiger partial charge in [-0.25, -0.2) is 0 Å². The third-order valence-electron chi connectivity index (χ3n) is 5.65. The van der Waals surface area contributed by atoms with E-state index in [1.165, 1.54) is 36.8 Å². The Labute approximate surface area is 127 Å². The third kappa shape index (κ3) is 3.00. The maximum absolute atomic E-state index is 11.2. The average Bonchev–Trinajstić information content (AvgIpc) is 3.19. The van der Waals surface area contributed by atoms with E-state index in [0.29, 0.717) is 17.8 Å². The zero-order chi connectivity index (χ0) is 15.1. The van der Waals surface area contributed by atoms with Crippen LogP contribution in [0.3, 0.4) is 0 Å².